The van der Waals surface area contributed by atoms with E-state index in [4.69, 9.17) is 17.3 Å². The van der Waals surface area contributed by atoms with E-state index in [1.165, 1.54) is 0 Å². The van der Waals surface area contributed by atoms with Crippen molar-refractivity contribution >= 4 is 29.0 Å². The van der Waals surface area contributed by atoms with Crippen LogP contribution < -0.4 is 10.6 Å². The number of hydrogen-bond donors (Lipinski definition) is 1. The summed E-state index contributed by atoms with van der Waals surface area (Å²) in [7, 11) is 0. The van der Waals surface area contributed by atoms with Crippen molar-refractivity contribution in [1.82, 2.24) is 4.98 Å². The van der Waals surface area contributed by atoms with Crippen molar-refractivity contribution in [1.29, 1.82) is 0 Å². The first-order valence-electron chi connectivity index (χ1n) is 4.33. The molecule has 4 nitrogen and oxygen atoms in total. The lowest BCUT2D eigenvalue weighted by Crippen LogP contribution is -2.24. The second-order valence-corrected chi connectivity index (χ2v) is 3.86. The molecule has 5 heteroatoms. The van der Waals surface area contributed by atoms with Crippen LogP contribution in [0.3, 0.4) is 0 Å². The number of alkyl halides is 1. The van der Waals surface area contributed by atoms with Gasteiger partial charge in [0.05, 0.1) is 17.3 Å². The molecule has 0 aliphatic carbocycles. The second kappa shape index (κ2) is 3.46. The maximum absolute atomic E-state index is 11.5. The highest BCUT2D eigenvalue weighted by atomic mass is 35.5. The first kappa shape index (κ1) is 9.27. The van der Waals surface area contributed by atoms with Crippen LogP contribution in [0.4, 0.5) is 11.5 Å². The van der Waals surface area contributed by atoms with Crippen LogP contribution in [-0.2, 0) is 4.79 Å². The highest BCUT2D eigenvalue weighted by molar-refractivity contribution is 6.24. The number of pyridine rings is 1. The summed E-state index contributed by atoms with van der Waals surface area (Å²) in [6, 6.07) is 3.44. The van der Waals surface area contributed by atoms with Crippen molar-refractivity contribution < 1.29 is 4.79 Å². The average molecular weight is 212 g/mol. The van der Waals surface area contributed by atoms with E-state index in [0.717, 1.165) is 5.69 Å². The van der Waals surface area contributed by atoms with Crippen LogP contribution in [0.25, 0.3) is 0 Å². The Hall–Kier alpha value is -1.29. The van der Waals surface area contributed by atoms with E-state index in [-0.39, 0.29) is 11.3 Å². The summed E-state index contributed by atoms with van der Waals surface area (Å²) in [5.74, 6) is 0.486. The molecule has 1 aliphatic heterocycles. The number of nitrogens with zero attached hydrogens (tertiary/aromatic N) is 2. The molecular weight excluding hydrogens is 202 g/mol. The van der Waals surface area contributed by atoms with E-state index >= 15 is 0 Å². The molecule has 74 valence electrons. The number of rotatable bonds is 1. The zero-order valence-electron chi connectivity index (χ0n) is 7.48. The number of nitrogens with two attached hydrogens (primary N) is 1. The fourth-order valence-electron chi connectivity index (χ4n) is 1.47. The lowest BCUT2D eigenvalue weighted by Gasteiger charge is -2.14. The third kappa shape index (κ3) is 1.65. The summed E-state index contributed by atoms with van der Waals surface area (Å²) in [6.45, 7) is 0.548. The molecule has 1 saturated heterocycles. The first-order valence-corrected chi connectivity index (χ1v) is 4.76. The van der Waals surface area contributed by atoms with E-state index in [0.29, 0.717) is 18.8 Å². The minimum Gasteiger partial charge on any atom is -0.384 e. The van der Waals surface area contributed by atoms with Crippen molar-refractivity contribution in [3.63, 3.8) is 0 Å². The largest absolute Gasteiger partial charge is 0.384 e. The third-order valence-corrected chi connectivity index (χ3v) is 2.45. The van der Waals surface area contributed by atoms with Gasteiger partial charge < -0.3 is 10.6 Å². The van der Waals surface area contributed by atoms with Crippen LogP contribution >= 0.6 is 11.6 Å². The summed E-state index contributed by atoms with van der Waals surface area (Å²) in [6.07, 6.45) is 1.98. The summed E-state index contributed by atoms with van der Waals surface area (Å²) in [4.78, 5) is 17.0. The van der Waals surface area contributed by atoms with E-state index in [2.05, 4.69) is 4.98 Å². The molecule has 2 rings (SSSR count). The van der Waals surface area contributed by atoms with Crippen LogP contribution in [0.5, 0.6) is 0 Å². The Morgan fingerprint density at radius 1 is 1.57 bits per heavy atom. The smallest absolute Gasteiger partial charge is 0.228 e. The number of hydrogen-bond acceptors (Lipinski definition) is 3. The molecule has 14 heavy (non-hydrogen) atoms. The molecule has 0 aromatic carbocycles. The van der Waals surface area contributed by atoms with Crippen molar-refractivity contribution in [2.24, 2.45) is 0 Å². The number of halogens is 1. The molecule has 1 aromatic rings. The molecule has 0 spiro atoms. The maximum atomic E-state index is 11.5. The first-order chi connectivity index (χ1) is 6.66. The summed E-state index contributed by atoms with van der Waals surface area (Å²) >= 11 is 5.88. The molecular formula is C9H10ClN3O. The van der Waals surface area contributed by atoms with Crippen LogP contribution in [0, 0.1) is 0 Å². The third-order valence-electron chi connectivity index (χ3n) is 2.16. The lowest BCUT2D eigenvalue weighted by atomic mass is 10.3. The Balaban J connectivity index is 2.23. The quantitative estimate of drug-likeness (QED) is 0.706. The Bertz CT molecular complexity index is 352. The minimum absolute atomic E-state index is 0.0385. The van der Waals surface area contributed by atoms with Crippen LogP contribution in [0.2, 0.25) is 0 Å². The molecule has 0 bridgehead atoms. The van der Waals surface area contributed by atoms with Gasteiger partial charge in [-0.3, -0.25) is 4.79 Å². The molecule has 1 aromatic heterocycles. The standard InChI is InChI=1S/C9H10ClN3O/c10-6-3-9(14)13(5-6)7-1-2-8(11)12-4-7/h1-2,4,6H,3,5H2,(H2,11,12). The topological polar surface area (TPSA) is 59.2 Å². The number of carbonyl (C=O) groups is 1. The fraction of sp³-hybridized carbons (Fsp3) is 0.333. The van der Waals surface area contributed by atoms with Gasteiger partial charge in [0.2, 0.25) is 5.91 Å². The van der Waals surface area contributed by atoms with Gasteiger partial charge in [0.1, 0.15) is 5.82 Å². The fourth-order valence-corrected chi connectivity index (χ4v) is 1.74. The molecule has 1 fully saturated rings. The van der Waals surface area contributed by atoms with E-state index < -0.39 is 0 Å². The Labute approximate surface area is 86.7 Å². The second-order valence-electron chi connectivity index (χ2n) is 3.25. The van der Waals surface area contributed by atoms with Gasteiger partial charge in [0.25, 0.3) is 0 Å². The maximum Gasteiger partial charge on any atom is 0.228 e. The van der Waals surface area contributed by atoms with Crippen LogP contribution in [0.1, 0.15) is 6.42 Å². The van der Waals surface area contributed by atoms with Gasteiger partial charge in [-0.05, 0) is 12.1 Å². The Morgan fingerprint density at radius 2 is 2.36 bits per heavy atom. The van der Waals surface area contributed by atoms with Gasteiger partial charge in [-0.25, -0.2) is 4.98 Å². The number of carbonyl (C=O) groups excluding carboxylic acids is 1. The molecule has 1 aliphatic rings. The molecule has 1 amide bonds. The predicted octanol–water partition coefficient (Wildman–Crippen LogP) is 1.01. The van der Waals surface area contributed by atoms with Crippen molar-refractivity contribution in [3.05, 3.63) is 18.3 Å². The van der Waals surface area contributed by atoms with Gasteiger partial charge in [0, 0.05) is 13.0 Å². The molecule has 2 heterocycles. The molecule has 2 N–H and O–H groups in total. The van der Waals surface area contributed by atoms with Gasteiger partial charge in [-0.15, -0.1) is 11.6 Å². The minimum atomic E-state index is -0.0972. The number of aromatic nitrogens is 1. The Morgan fingerprint density at radius 3 is 2.86 bits per heavy atom. The van der Waals surface area contributed by atoms with Crippen LogP contribution in [-0.4, -0.2) is 22.8 Å². The highest BCUT2D eigenvalue weighted by Crippen LogP contribution is 2.23. The SMILES string of the molecule is Nc1ccc(N2CC(Cl)CC2=O)cn1. The normalized spacial score (nSPS) is 21.6. The Kier molecular flexibility index (Phi) is 2.29. The summed E-state index contributed by atoms with van der Waals surface area (Å²) < 4.78 is 0. The predicted molar refractivity (Wildman–Crippen MR) is 55.3 cm³/mol. The van der Waals surface area contributed by atoms with E-state index in [1.54, 1.807) is 23.2 Å². The van der Waals surface area contributed by atoms with Gasteiger partial charge in [-0.2, -0.15) is 0 Å². The monoisotopic (exact) mass is 211 g/mol. The zero-order chi connectivity index (χ0) is 10.1. The summed E-state index contributed by atoms with van der Waals surface area (Å²) in [5, 5.41) is -0.0972. The van der Waals surface area contributed by atoms with E-state index in [9.17, 15) is 4.79 Å². The number of anilines is 2. The van der Waals surface area contributed by atoms with Crippen molar-refractivity contribution in [3.8, 4) is 0 Å². The molecule has 1 atom stereocenters. The average Bonchev–Trinajstić information content (AvgIpc) is 2.47. The number of nitrogen functional groups attached to an aromatic ring is 1. The molecule has 1 unspecified atom stereocenters. The van der Waals surface area contributed by atoms with Gasteiger partial charge in [0.15, 0.2) is 0 Å². The van der Waals surface area contributed by atoms with Gasteiger partial charge >= 0.3 is 0 Å². The van der Waals surface area contributed by atoms with E-state index in [1.807, 2.05) is 0 Å². The molecule has 0 radical (unpaired) electrons. The molecule has 0 saturated carbocycles. The summed E-state index contributed by atoms with van der Waals surface area (Å²) in [5.41, 5.74) is 6.20. The van der Waals surface area contributed by atoms with Crippen molar-refractivity contribution in [2.75, 3.05) is 17.2 Å². The number of amides is 1. The zero-order valence-corrected chi connectivity index (χ0v) is 8.24. The van der Waals surface area contributed by atoms with Crippen molar-refractivity contribution in [2.45, 2.75) is 11.8 Å². The highest BCUT2D eigenvalue weighted by Gasteiger charge is 2.29. The lowest BCUT2D eigenvalue weighted by molar-refractivity contribution is -0.117. The van der Waals surface area contributed by atoms with Crippen LogP contribution in [0.15, 0.2) is 18.3 Å². The van der Waals surface area contributed by atoms with Gasteiger partial charge in [-0.1, -0.05) is 0 Å².